The van der Waals surface area contributed by atoms with Gasteiger partial charge in [0.05, 0.1) is 12.8 Å². The zero-order valence-electron chi connectivity index (χ0n) is 14.5. The Hall–Kier alpha value is -2.57. The molecule has 0 aromatic heterocycles. The van der Waals surface area contributed by atoms with E-state index in [0.717, 1.165) is 0 Å². The van der Waals surface area contributed by atoms with Crippen LogP contribution >= 0.6 is 0 Å². The van der Waals surface area contributed by atoms with Gasteiger partial charge in [0.25, 0.3) is 11.8 Å². The first-order chi connectivity index (χ1) is 11.2. The van der Waals surface area contributed by atoms with E-state index >= 15 is 0 Å². The first-order valence-corrected chi connectivity index (χ1v) is 7.68. The number of esters is 1. The van der Waals surface area contributed by atoms with Crippen molar-refractivity contribution in [2.45, 2.75) is 39.3 Å². The Morgan fingerprint density at radius 2 is 2.00 bits per heavy atom. The number of carbonyl (C=O) groups excluding carboxylic acids is 3. The van der Waals surface area contributed by atoms with Crippen molar-refractivity contribution in [3.8, 4) is 5.75 Å². The number of ether oxygens (including phenoxy) is 2. The summed E-state index contributed by atoms with van der Waals surface area (Å²) in [5.41, 5.74) is -0.350. The molecule has 2 rings (SSSR count). The van der Waals surface area contributed by atoms with Crippen molar-refractivity contribution in [2.24, 2.45) is 0 Å². The molecule has 0 atom stereocenters. The van der Waals surface area contributed by atoms with Gasteiger partial charge in [-0.2, -0.15) is 0 Å². The molecule has 0 unspecified atom stereocenters. The van der Waals surface area contributed by atoms with E-state index in [9.17, 15) is 14.4 Å². The molecule has 0 fully saturated rings. The van der Waals surface area contributed by atoms with E-state index in [0.29, 0.717) is 17.0 Å². The molecule has 24 heavy (non-hydrogen) atoms. The number of benzene rings is 1. The topological polar surface area (TPSA) is 84.9 Å². The largest absolute Gasteiger partial charge is 0.476 e. The lowest BCUT2D eigenvalue weighted by Gasteiger charge is -2.38. The minimum Gasteiger partial charge on any atom is -0.476 e. The molecule has 1 heterocycles. The van der Waals surface area contributed by atoms with Gasteiger partial charge in [-0.05, 0) is 45.9 Å². The monoisotopic (exact) mass is 334 g/mol. The van der Waals surface area contributed by atoms with Crippen molar-refractivity contribution in [1.82, 2.24) is 5.32 Å². The van der Waals surface area contributed by atoms with Gasteiger partial charge >= 0.3 is 5.97 Å². The lowest BCUT2D eigenvalue weighted by molar-refractivity contribution is -0.142. The summed E-state index contributed by atoms with van der Waals surface area (Å²) in [6, 6.07) is 4.78. The highest BCUT2D eigenvalue weighted by molar-refractivity contribution is 6.06. The molecule has 1 N–H and O–H groups in total. The number of methoxy groups -OCH3 is 1. The number of hydrogen-bond donors (Lipinski definition) is 1. The van der Waals surface area contributed by atoms with E-state index in [-0.39, 0.29) is 24.4 Å². The van der Waals surface area contributed by atoms with Gasteiger partial charge in [-0.1, -0.05) is 0 Å². The Labute approximate surface area is 140 Å². The zero-order valence-corrected chi connectivity index (χ0v) is 14.5. The third kappa shape index (κ3) is 3.50. The fourth-order valence-corrected chi connectivity index (χ4v) is 2.40. The van der Waals surface area contributed by atoms with E-state index in [4.69, 9.17) is 4.74 Å². The molecular formula is C17H22N2O5. The third-order valence-electron chi connectivity index (χ3n) is 3.57. The van der Waals surface area contributed by atoms with Crippen LogP contribution in [0.4, 0.5) is 5.69 Å². The molecule has 1 aliphatic rings. The molecule has 0 spiro atoms. The molecule has 130 valence electrons. The van der Waals surface area contributed by atoms with Gasteiger partial charge in [-0.15, -0.1) is 0 Å². The average molecular weight is 334 g/mol. The number of nitrogens with zero attached hydrogens (tertiary/aromatic N) is 1. The van der Waals surface area contributed by atoms with Crippen LogP contribution in [0.3, 0.4) is 0 Å². The number of rotatable bonds is 4. The maximum Gasteiger partial charge on any atom is 0.325 e. The zero-order chi connectivity index (χ0) is 18.1. The van der Waals surface area contributed by atoms with Crippen molar-refractivity contribution < 1.29 is 23.9 Å². The molecule has 0 bridgehead atoms. The highest BCUT2D eigenvalue weighted by Gasteiger charge is 2.42. The summed E-state index contributed by atoms with van der Waals surface area (Å²) in [5, 5.41) is 2.79. The van der Waals surface area contributed by atoms with Crippen LogP contribution in [0, 0.1) is 0 Å². The minimum atomic E-state index is -1.11. The van der Waals surface area contributed by atoms with Gasteiger partial charge in [0.15, 0.2) is 5.60 Å². The second-order valence-electron chi connectivity index (χ2n) is 6.39. The molecule has 0 aliphatic carbocycles. The standard InChI is InChI=1S/C17H22N2O5/c1-10(2)18-15(21)11-6-7-13-12(8-11)19(9-14(20)23-5)16(22)17(3,4)24-13/h6-8,10H,9H2,1-5H3,(H,18,21). The van der Waals surface area contributed by atoms with Crippen LogP contribution in [0.1, 0.15) is 38.1 Å². The molecule has 0 saturated heterocycles. The summed E-state index contributed by atoms with van der Waals surface area (Å²) >= 11 is 0. The maximum atomic E-state index is 12.6. The highest BCUT2D eigenvalue weighted by atomic mass is 16.5. The number of fused-ring (bicyclic) bond motifs is 1. The van der Waals surface area contributed by atoms with Gasteiger partial charge in [0.2, 0.25) is 0 Å². The molecular weight excluding hydrogens is 312 g/mol. The minimum absolute atomic E-state index is 0.0171. The SMILES string of the molecule is COC(=O)CN1C(=O)C(C)(C)Oc2ccc(C(=O)NC(C)C)cc21. The predicted molar refractivity (Wildman–Crippen MR) is 88.1 cm³/mol. The van der Waals surface area contributed by atoms with E-state index in [2.05, 4.69) is 10.1 Å². The van der Waals surface area contributed by atoms with Crippen LogP contribution in [0.5, 0.6) is 5.75 Å². The fourth-order valence-electron chi connectivity index (χ4n) is 2.40. The first kappa shape index (κ1) is 17.8. The van der Waals surface area contributed by atoms with Gasteiger partial charge in [-0.3, -0.25) is 19.3 Å². The van der Waals surface area contributed by atoms with Crippen LogP contribution in [0.2, 0.25) is 0 Å². The summed E-state index contributed by atoms with van der Waals surface area (Å²) < 4.78 is 10.4. The molecule has 1 aromatic carbocycles. The quantitative estimate of drug-likeness (QED) is 0.844. The summed E-state index contributed by atoms with van der Waals surface area (Å²) in [7, 11) is 1.26. The molecule has 0 radical (unpaired) electrons. The summed E-state index contributed by atoms with van der Waals surface area (Å²) in [6.45, 7) is 6.72. The Balaban J connectivity index is 2.45. The summed E-state index contributed by atoms with van der Waals surface area (Å²) in [5.74, 6) is -0.751. The molecule has 1 aliphatic heterocycles. The van der Waals surface area contributed by atoms with Crippen LogP contribution in [0.25, 0.3) is 0 Å². The molecule has 7 nitrogen and oxygen atoms in total. The number of anilines is 1. The summed E-state index contributed by atoms with van der Waals surface area (Å²) in [6.07, 6.45) is 0. The van der Waals surface area contributed by atoms with E-state index in [1.54, 1.807) is 32.0 Å². The maximum absolute atomic E-state index is 12.6. The first-order valence-electron chi connectivity index (χ1n) is 7.68. The van der Waals surface area contributed by atoms with E-state index in [1.165, 1.54) is 12.0 Å². The van der Waals surface area contributed by atoms with Crippen molar-refractivity contribution in [1.29, 1.82) is 0 Å². The smallest absolute Gasteiger partial charge is 0.325 e. The molecule has 7 heteroatoms. The average Bonchev–Trinajstić information content (AvgIpc) is 2.50. The lowest BCUT2D eigenvalue weighted by atomic mass is 10.0. The third-order valence-corrected chi connectivity index (χ3v) is 3.57. The van der Waals surface area contributed by atoms with Gasteiger partial charge in [-0.25, -0.2) is 0 Å². The number of hydrogen-bond acceptors (Lipinski definition) is 5. The normalized spacial score (nSPS) is 15.6. The molecule has 2 amide bonds. The fraction of sp³-hybridized carbons (Fsp3) is 0.471. The van der Waals surface area contributed by atoms with Crippen molar-refractivity contribution in [3.05, 3.63) is 23.8 Å². The Morgan fingerprint density at radius 3 is 2.58 bits per heavy atom. The molecule has 1 aromatic rings. The predicted octanol–water partition coefficient (Wildman–Crippen LogP) is 1.50. The Bertz CT molecular complexity index is 682. The van der Waals surface area contributed by atoms with Gasteiger partial charge in [0, 0.05) is 11.6 Å². The van der Waals surface area contributed by atoms with E-state index < -0.39 is 11.6 Å². The van der Waals surface area contributed by atoms with Crippen LogP contribution in [-0.4, -0.2) is 43.1 Å². The second-order valence-corrected chi connectivity index (χ2v) is 6.39. The lowest BCUT2D eigenvalue weighted by Crippen LogP contribution is -2.54. The number of carbonyl (C=O) groups is 3. The van der Waals surface area contributed by atoms with Gasteiger partial charge in [0.1, 0.15) is 12.3 Å². The molecule has 0 saturated carbocycles. The van der Waals surface area contributed by atoms with E-state index in [1.807, 2.05) is 13.8 Å². The number of amides is 2. The van der Waals surface area contributed by atoms with Gasteiger partial charge < -0.3 is 14.8 Å². The van der Waals surface area contributed by atoms with Crippen LogP contribution < -0.4 is 15.0 Å². The second kappa shape index (κ2) is 6.51. The van der Waals surface area contributed by atoms with Crippen molar-refractivity contribution in [2.75, 3.05) is 18.6 Å². The Morgan fingerprint density at radius 1 is 1.33 bits per heavy atom. The summed E-state index contributed by atoms with van der Waals surface area (Å²) in [4.78, 5) is 37.8. The van der Waals surface area contributed by atoms with Crippen molar-refractivity contribution in [3.63, 3.8) is 0 Å². The van der Waals surface area contributed by atoms with Crippen LogP contribution in [-0.2, 0) is 14.3 Å². The highest BCUT2D eigenvalue weighted by Crippen LogP contribution is 2.38. The number of nitrogens with one attached hydrogen (secondary N) is 1. The Kier molecular flexibility index (Phi) is 4.82. The van der Waals surface area contributed by atoms with Crippen molar-refractivity contribution >= 4 is 23.5 Å². The van der Waals surface area contributed by atoms with Crippen LogP contribution in [0.15, 0.2) is 18.2 Å².